The molecule has 0 aliphatic heterocycles. The van der Waals surface area contributed by atoms with E-state index in [1.807, 2.05) is 24.3 Å². The molecular formula is C17H14Cl2N2O2S. The molecule has 0 spiro atoms. The number of anilines is 1. The first kappa shape index (κ1) is 18.3. The van der Waals surface area contributed by atoms with Gasteiger partial charge in [0.05, 0.1) is 17.8 Å². The second-order valence-corrected chi connectivity index (χ2v) is 5.93. The Morgan fingerprint density at radius 2 is 1.88 bits per heavy atom. The number of ether oxygens (including phenoxy) is 1. The number of nitrogens with one attached hydrogen (secondary N) is 2. The zero-order chi connectivity index (χ0) is 17.5. The van der Waals surface area contributed by atoms with Crippen molar-refractivity contribution in [2.75, 3.05) is 12.4 Å². The molecule has 2 N–H and O–H groups in total. The number of halogens is 2. The summed E-state index contributed by atoms with van der Waals surface area (Å²) in [6, 6.07) is 12.2. The Hall–Kier alpha value is -2.08. The molecule has 0 aromatic heterocycles. The maximum atomic E-state index is 11.9. The zero-order valence-electron chi connectivity index (χ0n) is 12.7. The van der Waals surface area contributed by atoms with E-state index in [2.05, 4.69) is 10.6 Å². The van der Waals surface area contributed by atoms with Crippen LogP contribution in [0.5, 0.6) is 5.75 Å². The van der Waals surface area contributed by atoms with Gasteiger partial charge in [0, 0.05) is 11.1 Å². The third-order valence-electron chi connectivity index (χ3n) is 2.96. The SMILES string of the molecule is COc1ccc(/C=C/C(=O)NC(=S)Nc2ccc(Cl)cc2Cl)cc1. The van der Waals surface area contributed by atoms with Crippen LogP contribution in [0.2, 0.25) is 10.0 Å². The van der Waals surface area contributed by atoms with Crippen LogP contribution in [0, 0.1) is 0 Å². The van der Waals surface area contributed by atoms with Crippen LogP contribution in [-0.2, 0) is 4.79 Å². The van der Waals surface area contributed by atoms with Gasteiger partial charge in [-0.3, -0.25) is 10.1 Å². The van der Waals surface area contributed by atoms with Crippen molar-refractivity contribution in [3.63, 3.8) is 0 Å². The molecule has 0 saturated heterocycles. The second-order valence-electron chi connectivity index (χ2n) is 4.67. The van der Waals surface area contributed by atoms with Gasteiger partial charge in [0.15, 0.2) is 5.11 Å². The maximum absolute atomic E-state index is 11.9. The average Bonchev–Trinajstić information content (AvgIpc) is 2.56. The smallest absolute Gasteiger partial charge is 0.250 e. The van der Waals surface area contributed by atoms with Gasteiger partial charge >= 0.3 is 0 Å². The lowest BCUT2D eigenvalue weighted by molar-refractivity contribution is -0.115. The number of hydrogen-bond acceptors (Lipinski definition) is 3. The Bertz CT molecular complexity index is 777. The molecule has 2 rings (SSSR count). The molecule has 124 valence electrons. The summed E-state index contributed by atoms with van der Waals surface area (Å²) in [6.45, 7) is 0. The van der Waals surface area contributed by atoms with Crippen molar-refractivity contribution in [2.24, 2.45) is 0 Å². The van der Waals surface area contributed by atoms with E-state index in [4.69, 9.17) is 40.2 Å². The molecule has 1 amide bonds. The fraction of sp³-hybridized carbons (Fsp3) is 0.0588. The van der Waals surface area contributed by atoms with Gasteiger partial charge < -0.3 is 10.1 Å². The molecule has 0 radical (unpaired) electrons. The molecular weight excluding hydrogens is 367 g/mol. The molecule has 2 aromatic rings. The summed E-state index contributed by atoms with van der Waals surface area (Å²) in [5.41, 5.74) is 1.43. The Balaban J connectivity index is 1.91. The summed E-state index contributed by atoms with van der Waals surface area (Å²) < 4.78 is 5.07. The number of benzene rings is 2. The van der Waals surface area contributed by atoms with E-state index in [0.717, 1.165) is 11.3 Å². The number of carbonyl (C=O) groups is 1. The molecule has 0 bridgehead atoms. The summed E-state index contributed by atoms with van der Waals surface area (Å²) >= 11 is 16.9. The van der Waals surface area contributed by atoms with E-state index in [1.165, 1.54) is 6.08 Å². The van der Waals surface area contributed by atoms with E-state index < -0.39 is 0 Å². The van der Waals surface area contributed by atoms with Crippen molar-refractivity contribution in [1.82, 2.24) is 5.32 Å². The van der Waals surface area contributed by atoms with Gasteiger partial charge in [0.2, 0.25) is 5.91 Å². The normalized spacial score (nSPS) is 10.5. The second kappa shape index (κ2) is 8.68. The van der Waals surface area contributed by atoms with Crippen LogP contribution in [0.1, 0.15) is 5.56 Å². The number of thiocarbonyl (C=S) groups is 1. The van der Waals surface area contributed by atoms with Crippen molar-refractivity contribution in [2.45, 2.75) is 0 Å². The highest BCUT2D eigenvalue weighted by atomic mass is 35.5. The highest BCUT2D eigenvalue weighted by molar-refractivity contribution is 7.80. The Kier molecular flexibility index (Phi) is 6.61. The average molecular weight is 381 g/mol. The molecule has 0 aliphatic rings. The van der Waals surface area contributed by atoms with Crippen LogP contribution in [0.4, 0.5) is 5.69 Å². The Morgan fingerprint density at radius 3 is 2.50 bits per heavy atom. The van der Waals surface area contributed by atoms with E-state index in [0.29, 0.717) is 15.7 Å². The molecule has 2 aromatic carbocycles. The van der Waals surface area contributed by atoms with Crippen LogP contribution >= 0.6 is 35.4 Å². The van der Waals surface area contributed by atoms with Crippen molar-refractivity contribution >= 4 is 58.2 Å². The lowest BCUT2D eigenvalue weighted by Crippen LogP contribution is -2.32. The number of amides is 1. The van der Waals surface area contributed by atoms with Crippen molar-refractivity contribution in [1.29, 1.82) is 0 Å². The van der Waals surface area contributed by atoms with E-state index >= 15 is 0 Å². The van der Waals surface area contributed by atoms with E-state index in [1.54, 1.807) is 31.4 Å². The molecule has 0 unspecified atom stereocenters. The highest BCUT2D eigenvalue weighted by Crippen LogP contribution is 2.25. The summed E-state index contributed by atoms with van der Waals surface area (Å²) in [4.78, 5) is 11.9. The topological polar surface area (TPSA) is 50.4 Å². The monoisotopic (exact) mass is 380 g/mol. The number of methoxy groups -OCH3 is 1. The number of hydrogen-bond donors (Lipinski definition) is 2. The standard InChI is InChI=1S/C17H14Cl2N2O2S/c1-23-13-6-2-11(3-7-13)4-9-16(22)21-17(24)20-15-8-5-12(18)10-14(15)19/h2-10H,1H3,(H2,20,21,22,24)/b9-4+. The fourth-order valence-electron chi connectivity index (χ4n) is 1.78. The number of rotatable bonds is 4. The lowest BCUT2D eigenvalue weighted by Gasteiger charge is -2.09. The van der Waals surface area contributed by atoms with E-state index in [9.17, 15) is 4.79 Å². The van der Waals surface area contributed by atoms with Crippen LogP contribution in [0.15, 0.2) is 48.5 Å². The van der Waals surface area contributed by atoms with Crippen molar-refractivity contribution < 1.29 is 9.53 Å². The van der Waals surface area contributed by atoms with Crippen molar-refractivity contribution in [3.8, 4) is 5.75 Å². The highest BCUT2D eigenvalue weighted by Gasteiger charge is 2.05. The Morgan fingerprint density at radius 1 is 1.17 bits per heavy atom. The summed E-state index contributed by atoms with van der Waals surface area (Å²) in [6.07, 6.45) is 3.06. The van der Waals surface area contributed by atoms with Gasteiger partial charge in [-0.2, -0.15) is 0 Å². The maximum Gasteiger partial charge on any atom is 0.250 e. The molecule has 0 atom stereocenters. The van der Waals surface area contributed by atoms with Crippen LogP contribution in [-0.4, -0.2) is 18.1 Å². The predicted molar refractivity (Wildman–Crippen MR) is 103 cm³/mol. The molecule has 24 heavy (non-hydrogen) atoms. The fourth-order valence-corrected chi connectivity index (χ4v) is 2.45. The molecule has 0 saturated carbocycles. The third-order valence-corrected chi connectivity index (χ3v) is 3.71. The largest absolute Gasteiger partial charge is 0.497 e. The first-order valence-electron chi connectivity index (χ1n) is 6.87. The van der Waals surface area contributed by atoms with Gasteiger partial charge in [-0.25, -0.2) is 0 Å². The molecule has 4 nitrogen and oxygen atoms in total. The minimum atomic E-state index is -0.353. The summed E-state index contributed by atoms with van der Waals surface area (Å²) in [7, 11) is 1.60. The van der Waals surface area contributed by atoms with Gasteiger partial charge in [0.25, 0.3) is 0 Å². The first-order valence-corrected chi connectivity index (χ1v) is 8.03. The van der Waals surface area contributed by atoms with Crippen LogP contribution in [0.3, 0.4) is 0 Å². The van der Waals surface area contributed by atoms with Crippen molar-refractivity contribution in [3.05, 3.63) is 64.1 Å². The third kappa shape index (κ3) is 5.53. The minimum absolute atomic E-state index is 0.142. The van der Waals surface area contributed by atoms with E-state index in [-0.39, 0.29) is 11.0 Å². The number of carbonyl (C=O) groups excluding carboxylic acids is 1. The first-order chi connectivity index (χ1) is 11.5. The molecule has 0 aliphatic carbocycles. The molecule has 0 heterocycles. The van der Waals surface area contributed by atoms with Gasteiger partial charge in [-0.15, -0.1) is 0 Å². The zero-order valence-corrected chi connectivity index (χ0v) is 15.0. The van der Waals surface area contributed by atoms with Gasteiger partial charge in [0.1, 0.15) is 5.75 Å². The predicted octanol–water partition coefficient (Wildman–Crippen LogP) is 4.53. The summed E-state index contributed by atoms with van der Waals surface area (Å²) in [5.74, 6) is 0.398. The molecule has 7 heteroatoms. The lowest BCUT2D eigenvalue weighted by atomic mass is 10.2. The van der Waals surface area contributed by atoms with Gasteiger partial charge in [-0.05, 0) is 54.2 Å². The Labute approximate surface area is 155 Å². The quantitative estimate of drug-likeness (QED) is 0.604. The minimum Gasteiger partial charge on any atom is -0.497 e. The van der Waals surface area contributed by atoms with Crippen LogP contribution < -0.4 is 15.4 Å². The molecule has 0 fully saturated rings. The van der Waals surface area contributed by atoms with Gasteiger partial charge in [-0.1, -0.05) is 35.3 Å². The summed E-state index contributed by atoms with van der Waals surface area (Å²) in [5, 5.41) is 6.45. The van der Waals surface area contributed by atoms with Crippen LogP contribution in [0.25, 0.3) is 6.08 Å².